The van der Waals surface area contributed by atoms with E-state index in [1.54, 1.807) is 24.5 Å². The average molecular weight is 289 g/mol. The summed E-state index contributed by atoms with van der Waals surface area (Å²) >= 11 is 0. The molecular weight excluding hydrogens is 270 g/mol. The van der Waals surface area contributed by atoms with Crippen LogP contribution >= 0.6 is 0 Å². The topological polar surface area (TPSA) is 62.7 Å². The molecule has 6 heteroatoms. The average Bonchev–Trinajstić information content (AvgIpc) is 2.81. The molecule has 2 saturated heterocycles. The smallest absolute Gasteiger partial charge is 0.323 e. The van der Waals surface area contributed by atoms with Crippen LogP contribution in [-0.2, 0) is 9.53 Å². The highest BCUT2D eigenvalue weighted by Gasteiger charge is 2.33. The Balaban J connectivity index is 1.63. The largest absolute Gasteiger partial charge is 0.464 e. The second-order valence-corrected chi connectivity index (χ2v) is 5.39. The van der Waals surface area contributed by atoms with E-state index < -0.39 is 0 Å². The fourth-order valence-electron chi connectivity index (χ4n) is 2.95. The molecule has 21 heavy (non-hydrogen) atoms. The Labute approximate surface area is 123 Å². The number of hydrogen-bond acceptors (Lipinski definition) is 5. The van der Waals surface area contributed by atoms with Gasteiger partial charge >= 0.3 is 5.97 Å². The van der Waals surface area contributed by atoms with Gasteiger partial charge in [0.25, 0.3) is 5.91 Å². The maximum atomic E-state index is 12.4. The number of hydrogen-bond donors (Lipinski definition) is 0. The van der Waals surface area contributed by atoms with E-state index in [-0.39, 0.29) is 17.9 Å². The predicted molar refractivity (Wildman–Crippen MR) is 75.7 cm³/mol. The molecule has 1 unspecified atom stereocenters. The normalized spacial score (nSPS) is 23.7. The molecule has 3 heterocycles. The van der Waals surface area contributed by atoms with Crippen LogP contribution in [0.1, 0.15) is 23.2 Å². The number of carbonyl (C=O) groups excluding carboxylic acids is 2. The minimum atomic E-state index is -0.124. The van der Waals surface area contributed by atoms with Gasteiger partial charge in [-0.15, -0.1) is 0 Å². The van der Waals surface area contributed by atoms with Gasteiger partial charge in [0, 0.05) is 50.6 Å². The summed E-state index contributed by atoms with van der Waals surface area (Å²) in [6, 6.07) is 3.35. The van der Waals surface area contributed by atoms with E-state index in [9.17, 15) is 9.59 Å². The van der Waals surface area contributed by atoms with E-state index >= 15 is 0 Å². The van der Waals surface area contributed by atoms with E-state index in [4.69, 9.17) is 4.74 Å². The van der Waals surface area contributed by atoms with Crippen molar-refractivity contribution in [3.63, 3.8) is 0 Å². The van der Waals surface area contributed by atoms with Gasteiger partial charge in [-0.3, -0.25) is 19.5 Å². The quantitative estimate of drug-likeness (QED) is 0.744. The van der Waals surface area contributed by atoms with Crippen LogP contribution in [0.5, 0.6) is 0 Å². The number of nitrogens with zero attached hydrogens (tertiary/aromatic N) is 3. The summed E-state index contributed by atoms with van der Waals surface area (Å²) in [5, 5.41) is 0. The zero-order chi connectivity index (χ0) is 14.7. The van der Waals surface area contributed by atoms with Crippen LogP contribution in [0.25, 0.3) is 0 Å². The molecule has 2 aliphatic rings. The lowest BCUT2D eigenvalue weighted by atomic mass is 10.2. The van der Waals surface area contributed by atoms with Crippen LogP contribution < -0.4 is 0 Å². The van der Waals surface area contributed by atoms with Gasteiger partial charge in [-0.05, 0) is 18.6 Å². The van der Waals surface area contributed by atoms with Crippen molar-refractivity contribution in [1.82, 2.24) is 14.8 Å². The van der Waals surface area contributed by atoms with Crippen LogP contribution in [0.2, 0.25) is 0 Å². The van der Waals surface area contributed by atoms with Crippen molar-refractivity contribution in [1.29, 1.82) is 0 Å². The molecule has 6 nitrogen and oxygen atoms in total. The van der Waals surface area contributed by atoms with Crippen molar-refractivity contribution in [2.75, 3.05) is 32.8 Å². The molecule has 0 aliphatic carbocycles. The minimum Gasteiger partial charge on any atom is -0.464 e. The second-order valence-electron chi connectivity index (χ2n) is 5.39. The number of amides is 1. The number of ether oxygens (including phenoxy) is 1. The standard InChI is InChI=1S/C15H19N3O3/c19-14(12-2-5-16-6-3-12)18-8-1-7-17(9-10-18)13-4-11-21-15(13)20/h2-3,5-6,13H,1,4,7-11H2. The van der Waals surface area contributed by atoms with E-state index in [0.717, 1.165) is 32.5 Å². The maximum absolute atomic E-state index is 12.4. The molecule has 0 spiro atoms. The molecule has 2 aliphatic heterocycles. The Morgan fingerprint density at radius 2 is 2.00 bits per heavy atom. The van der Waals surface area contributed by atoms with Crippen molar-refractivity contribution in [2.45, 2.75) is 18.9 Å². The highest BCUT2D eigenvalue weighted by molar-refractivity contribution is 5.94. The summed E-state index contributed by atoms with van der Waals surface area (Å²) < 4.78 is 5.04. The molecule has 0 aromatic carbocycles. The first-order valence-corrected chi connectivity index (χ1v) is 7.36. The third-order valence-corrected chi connectivity index (χ3v) is 4.09. The molecule has 1 amide bonds. The first kappa shape index (κ1) is 14.0. The maximum Gasteiger partial charge on any atom is 0.323 e. The minimum absolute atomic E-state index is 0.0354. The van der Waals surface area contributed by atoms with E-state index in [1.165, 1.54) is 0 Å². The Morgan fingerprint density at radius 3 is 2.71 bits per heavy atom. The van der Waals surface area contributed by atoms with Crippen molar-refractivity contribution in [3.05, 3.63) is 30.1 Å². The lowest BCUT2D eigenvalue weighted by molar-refractivity contribution is -0.142. The fourth-order valence-corrected chi connectivity index (χ4v) is 2.95. The molecule has 0 saturated carbocycles. The Morgan fingerprint density at radius 1 is 1.19 bits per heavy atom. The van der Waals surface area contributed by atoms with Gasteiger partial charge in [-0.1, -0.05) is 0 Å². The van der Waals surface area contributed by atoms with E-state index in [1.807, 2.05) is 4.90 Å². The number of rotatable bonds is 2. The van der Waals surface area contributed by atoms with Crippen molar-refractivity contribution >= 4 is 11.9 Å². The molecule has 112 valence electrons. The highest BCUT2D eigenvalue weighted by Crippen LogP contribution is 2.17. The molecule has 3 rings (SSSR count). The van der Waals surface area contributed by atoms with Gasteiger partial charge in [0.1, 0.15) is 6.04 Å². The van der Waals surface area contributed by atoms with Gasteiger partial charge < -0.3 is 9.64 Å². The van der Waals surface area contributed by atoms with Crippen molar-refractivity contribution < 1.29 is 14.3 Å². The SMILES string of the molecule is O=C1OCCC1N1CCCN(C(=O)c2ccncc2)CC1. The number of pyridine rings is 1. The van der Waals surface area contributed by atoms with E-state index in [2.05, 4.69) is 9.88 Å². The monoisotopic (exact) mass is 289 g/mol. The molecular formula is C15H19N3O3. The summed E-state index contributed by atoms with van der Waals surface area (Å²) in [7, 11) is 0. The lowest BCUT2D eigenvalue weighted by Crippen LogP contribution is -2.41. The number of aromatic nitrogens is 1. The van der Waals surface area contributed by atoms with Gasteiger partial charge in [0.15, 0.2) is 0 Å². The van der Waals surface area contributed by atoms with Gasteiger partial charge in [-0.25, -0.2) is 0 Å². The van der Waals surface area contributed by atoms with Crippen LogP contribution in [0.15, 0.2) is 24.5 Å². The van der Waals surface area contributed by atoms with Crippen LogP contribution in [0, 0.1) is 0 Å². The van der Waals surface area contributed by atoms with Crippen LogP contribution in [0.3, 0.4) is 0 Å². The first-order chi connectivity index (χ1) is 10.3. The summed E-state index contributed by atoms with van der Waals surface area (Å²) in [4.78, 5) is 32.0. The van der Waals surface area contributed by atoms with Gasteiger partial charge in [0.2, 0.25) is 0 Å². The summed E-state index contributed by atoms with van der Waals surface area (Å²) in [6.45, 7) is 3.43. The molecule has 0 bridgehead atoms. The lowest BCUT2D eigenvalue weighted by Gasteiger charge is -2.24. The third kappa shape index (κ3) is 3.05. The summed E-state index contributed by atoms with van der Waals surface area (Å²) in [6.07, 6.45) is 4.90. The summed E-state index contributed by atoms with van der Waals surface area (Å²) in [5.74, 6) is -0.0860. The van der Waals surface area contributed by atoms with Crippen molar-refractivity contribution in [2.24, 2.45) is 0 Å². The molecule has 0 N–H and O–H groups in total. The van der Waals surface area contributed by atoms with Gasteiger partial charge in [-0.2, -0.15) is 0 Å². The Hall–Kier alpha value is -1.95. The van der Waals surface area contributed by atoms with Crippen LogP contribution in [-0.4, -0.2) is 65.5 Å². The Kier molecular flexibility index (Phi) is 4.15. The Bertz CT molecular complexity index is 520. The fraction of sp³-hybridized carbons (Fsp3) is 0.533. The van der Waals surface area contributed by atoms with E-state index in [0.29, 0.717) is 18.7 Å². The predicted octanol–water partition coefficient (Wildman–Crippen LogP) is 0.545. The molecule has 1 atom stereocenters. The number of cyclic esters (lactones) is 1. The van der Waals surface area contributed by atoms with Crippen LogP contribution in [0.4, 0.5) is 0 Å². The molecule has 0 radical (unpaired) electrons. The zero-order valence-corrected chi connectivity index (χ0v) is 11.9. The highest BCUT2D eigenvalue weighted by atomic mass is 16.5. The number of esters is 1. The van der Waals surface area contributed by atoms with Gasteiger partial charge in [0.05, 0.1) is 6.61 Å². The molecule has 2 fully saturated rings. The second kappa shape index (κ2) is 6.22. The zero-order valence-electron chi connectivity index (χ0n) is 11.9. The third-order valence-electron chi connectivity index (χ3n) is 4.09. The summed E-state index contributed by atoms with van der Waals surface area (Å²) in [5.41, 5.74) is 0.665. The molecule has 1 aromatic rings. The first-order valence-electron chi connectivity index (χ1n) is 7.36. The molecule has 1 aromatic heterocycles. The number of carbonyl (C=O) groups is 2. The van der Waals surface area contributed by atoms with Crippen molar-refractivity contribution in [3.8, 4) is 0 Å².